The van der Waals surface area contributed by atoms with Crippen molar-refractivity contribution >= 4 is 23.2 Å². The first-order valence-corrected chi connectivity index (χ1v) is 7.34. The minimum absolute atomic E-state index is 0.0165. The van der Waals surface area contributed by atoms with Gasteiger partial charge in [-0.25, -0.2) is 0 Å². The van der Waals surface area contributed by atoms with Gasteiger partial charge in [0.2, 0.25) is 0 Å². The molecule has 0 saturated heterocycles. The Hall–Kier alpha value is -2.20. The molecule has 0 unspecified atom stereocenters. The number of carbonyl (C=O) groups excluding carboxylic acids is 1. The summed E-state index contributed by atoms with van der Waals surface area (Å²) in [4.78, 5) is 13.8. The van der Waals surface area contributed by atoms with Crippen LogP contribution in [0.3, 0.4) is 0 Å². The molecule has 4 nitrogen and oxygen atoms in total. The van der Waals surface area contributed by atoms with E-state index in [9.17, 15) is 4.79 Å². The number of nitrogens with one attached hydrogen (secondary N) is 1. The lowest BCUT2D eigenvalue weighted by molar-refractivity contribution is -0.123. The summed E-state index contributed by atoms with van der Waals surface area (Å²) in [7, 11) is 3.98. The predicted octanol–water partition coefficient (Wildman–Crippen LogP) is 3.10. The van der Waals surface area contributed by atoms with Gasteiger partial charge in [0.15, 0.2) is 6.61 Å². The second-order valence-corrected chi connectivity index (χ2v) is 5.52. The van der Waals surface area contributed by atoms with Gasteiger partial charge in [0, 0.05) is 31.4 Å². The van der Waals surface area contributed by atoms with Crippen LogP contribution in [0.15, 0.2) is 48.5 Å². The van der Waals surface area contributed by atoms with Crippen LogP contribution in [-0.4, -0.2) is 26.6 Å². The maximum absolute atomic E-state index is 11.8. The van der Waals surface area contributed by atoms with Gasteiger partial charge in [-0.1, -0.05) is 23.7 Å². The van der Waals surface area contributed by atoms with E-state index >= 15 is 0 Å². The van der Waals surface area contributed by atoms with Crippen molar-refractivity contribution in [2.75, 3.05) is 25.6 Å². The Morgan fingerprint density at radius 1 is 1.09 bits per heavy atom. The number of amides is 1. The number of nitrogens with zero attached hydrogens (tertiary/aromatic N) is 1. The van der Waals surface area contributed by atoms with Crippen LogP contribution in [0, 0.1) is 0 Å². The van der Waals surface area contributed by atoms with Gasteiger partial charge in [-0.2, -0.15) is 0 Å². The third-order valence-corrected chi connectivity index (χ3v) is 3.38. The molecule has 0 aliphatic carbocycles. The number of ether oxygens (including phenoxy) is 1. The van der Waals surface area contributed by atoms with Crippen molar-refractivity contribution in [2.45, 2.75) is 6.54 Å². The molecule has 22 heavy (non-hydrogen) atoms. The summed E-state index contributed by atoms with van der Waals surface area (Å²) in [6.45, 7) is 0.466. The largest absolute Gasteiger partial charge is 0.484 e. The molecule has 116 valence electrons. The molecular formula is C17H19ClN2O2. The second kappa shape index (κ2) is 7.71. The smallest absolute Gasteiger partial charge is 0.258 e. The molecule has 0 bridgehead atoms. The van der Waals surface area contributed by atoms with Crippen molar-refractivity contribution in [1.29, 1.82) is 0 Å². The highest BCUT2D eigenvalue weighted by Crippen LogP contribution is 2.15. The fourth-order valence-corrected chi connectivity index (χ4v) is 1.97. The first-order chi connectivity index (χ1) is 10.5. The van der Waals surface area contributed by atoms with Crippen LogP contribution in [0.1, 0.15) is 5.56 Å². The highest BCUT2D eigenvalue weighted by atomic mass is 35.5. The fourth-order valence-electron chi connectivity index (χ4n) is 1.84. The lowest BCUT2D eigenvalue weighted by Gasteiger charge is -2.13. The standard InChI is InChI=1S/C17H19ClN2O2/c1-20(2)15-7-3-13(4-8-15)11-19-17(21)12-22-16-9-5-14(18)6-10-16/h3-10H,11-12H2,1-2H3,(H,19,21). The van der Waals surface area contributed by atoms with Crippen LogP contribution in [0.5, 0.6) is 5.75 Å². The Morgan fingerprint density at radius 3 is 2.32 bits per heavy atom. The first kappa shape index (κ1) is 16.2. The lowest BCUT2D eigenvalue weighted by Crippen LogP contribution is -2.28. The quantitative estimate of drug-likeness (QED) is 0.890. The topological polar surface area (TPSA) is 41.6 Å². The molecular weight excluding hydrogens is 300 g/mol. The van der Waals surface area contributed by atoms with Crippen LogP contribution >= 0.6 is 11.6 Å². The van der Waals surface area contributed by atoms with Crippen molar-refractivity contribution in [1.82, 2.24) is 5.32 Å². The van der Waals surface area contributed by atoms with Gasteiger partial charge < -0.3 is 15.0 Å². The van der Waals surface area contributed by atoms with E-state index in [1.165, 1.54) is 0 Å². The summed E-state index contributed by atoms with van der Waals surface area (Å²) in [5.74, 6) is 0.460. The van der Waals surface area contributed by atoms with Gasteiger partial charge in [0.25, 0.3) is 5.91 Å². The van der Waals surface area contributed by atoms with Crippen LogP contribution in [0.4, 0.5) is 5.69 Å². The monoisotopic (exact) mass is 318 g/mol. The average Bonchev–Trinajstić information content (AvgIpc) is 2.52. The molecule has 0 radical (unpaired) electrons. The Morgan fingerprint density at radius 2 is 1.73 bits per heavy atom. The summed E-state index contributed by atoms with van der Waals surface area (Å²) >= 11 is 5.78. The normalized spacial score (nSPS) is 10.1. The molecule has 2 aromatic rings. The molecule has 0 aromatic heterocycles. The third kappa shape index (κ3) is 4.97. The molecule has 0 atom stereocenters. The van der Waals surface area contributed by atoms with E-state index in [0.29, 0.717) is 17.3 Å². The highest BCUT2D eigenvalue weighted by Gasteiger charge is 2.03. The van der Waals surface area contributed by atoms with Crippen LogP contribution in [0.2, 0.25) is 5.02 Å². The number of halogens is 1. The molecule has 0 spiro atoms. The van der Waals surface area contributed by atoms with Crippen LogP contribution in [-0.2, 0) is 11.3 Å². The van der Waals surface area contributed by atoms with Crippen molar-refractivity contribution in [3.63, 3.8) is 0 Å². The Labute approximate surface area is 135 Å². The van der Waals surface area contributed by atoms with Gasteiger partial charge in [-0.3, -0.25) is 4.79 Å². The predicted molar refractivity (Wildman–Crippen MR) is 89.6 cm³/mol. The highest BCUT2D eigenvalue weighted by molar-refractivity contribution is 6.30. The molecule has 0 saturated carbocycles. The van der Waals surface area contributed by atoms with E-state index in [2.05, 4.69) is 5.32 Å². The molecule has 2 aromatic carbocycles. The van der Waals surface area contributed by atoms with Gasteiger partial charge in [0.1, 0.15) is 5.75 Å². The second-order valence-electron chi connectivity index (χ2n) is 5.08. The van der Waals surface area contributed by atoms with E-state index in [4.69, 9.17) is 16.3 Å². The first-order valence-electron chi connectivity index (χ1n) is 6.96. The zero-order chi connectivity index (χ0) is 15.9. The Balaban J connectivity index is 1.76. The molecule has 2 rings (SSSR count). The number of rotatable bonds is 6. The number of anilines is 1. The number of benzene rings is 2. The summed E-state index contributed by atoms with van der Waals surface area (Å²) in [5.41, 5.74) is 2.17. The minimum atomic E-state index is -0.161. The molecule has 0 heterocycles. The Bertz CT molecular complexity index is 610. The molecule has 1 amide bonds. The van der Waals surface area contributed by atoms with Gasteiger partial charge in [0.05, 0.1) is 0 Å². The van der Waals surface area contributed by atoms with Crippen LogP contribution < -0.4 is 15.0 Å². The average molecular weight is 319 g/mol. The zero-order valence-electron chi connectivity index (χ0n) is 12.7. The number of hydrogen-bond acceptors (Lipinski definition) is 3. The van der Waals surface area contributed by atoms with E-state index < -0.39 is 0 Å². The number of carbonyl (C=O) groups is 1. The van der Waals surface area contributed by atoms with Crippen LogP contribution in [0.25, 0.3) is 0 Å². The zero-order valence-corrected chi connectivity index (χ0v) is 13.4. The fraction of sp³-hybridized carbons (Fsp3) is 0.235. The molecule has 0 aliphatic rings. The summed E-state index contributed by atoms with van der Waals surface area (Å²) < 4.78 is 5.38. The molecule has 0 aliphatic heterocycles. The summed E-state index contributed by atoms with van der Waals surface area (Å²) in [5, 5.41) is 3.46. The van der Waals surface area contributed by atoms with Crippen molar-refractivity contribution in [2.24, 2.45) is 0 Å². The van der Waals surface area contributed by atoms with E-state index in [-0.39, 0.29) is 12.5 Å². The lowest BCUT2D eigenvalue weighted by atomic mass is 10.2. The van der Waals surface area contributed by atoms with E-state index in [0.717, 1.165) is 11.3 Å². The van der Waals surface area contributed by atoms with Gasteiger partial charge >= 0.3 is 0 Å². The van der Waals surface area contributed by atoms with Gasteiger partial charge in [-0.15, -0.1) is 0 Å². The van der Waals surface area contributed by atoms with E-state index in [1.54, 1.807) is 24.3 Å². The van der Waals surface area contributed by atoms with E-state index in [1.807, 2.05) is 43.3 Å². The van der Waals surface area contributed by atoms with Crippen molar-refractivity contribution < 1.29 is 9.53 Å². The third-order valence-electron chi connectivity index (χ3n) is 3.13. The summed E-state index contributed by atoms with van der Waals surface area (Å²) in [6.07, 6.45) is 0. The molecule has 5 heteroatoms. The maximum Gasteiger partial charge on any atom is 0.258 e. The molecule has 0 fully saturated rings. The Kier molecular flexibility index (Phi) is 5.67. The minimum Gasteiger partial charge on any atom is -0.484 e. The maximum atomic E-state index is 11.8. The number of hydrogen-bond donors (Lipinski definition) is 1. The molecule has 1 N–H and O–H groups in total. The summed E-state index contributed by atoms with van der Waals surface area (Å²) in [6, 6.07) is 14.9. The van der Waals surface area contributed by atoms with Crippen molar-refractivity contribution in [3.05, 3.63) is 59.1 Å². The SMILES string of the molecule is CN(C)c1ccc(CNC(=O)COc2ccc(Cl)cc2)cc1. The van der Waals surface area contributed by atoms with Crippen molar-refractivity contribution in [3.8, 4) is 5.75 Å². The van der Waals surface area contributed by atoms with Gasteiger partial charge in [-0.05, 0) is 42.0 Å².